The van der Waals surface area contributed by atoms with Crippen molar-refractivity contribution in [1.82, 2.24) is 10.6 Å². The fourth-order valence-corrected chi connectivity index (χ4v) is 4.81. The van der Waals surface area contributed by atoms with E-state index in [-0.39, 0.29) is 37.0 Å². The van der Waals surface area contributed by atoms with E-state index in [0.717, 1.165) is 31.0 Å². The molecule has 0 radical (unpaired) electrons. The maximum atomic E-state index is 12.1. The van der Waals surface area contributed by atoms with Gasteiger partial charge >= 0.3 is 7.82 Å². The van der Waals surface area contributed by atoms with Crippen LogP contribution in [0.1, 0.15) is 97.8 Å². The van der Waals surface area contributed by atoms with E-state index in [1.165, 1.54) is 52.4 Å². The minimum atomic E-state index is -4.74. The van der Waals surface area contributed by atoms with Crippen LogP contribution in [0.4, 0.5) is 0 Å². The van der Waals surface area contributed by atoms with Gasteiger partial charge in [-0.2, -0.15) is 0 Å². The number of hydrogen-bond donors (Lipinski definition) is 6. The summed E-state index contributed by atoms with van der Waals surface area (Å²) in [6.07, 6.45) is 9.23. The molecule has 224 valence electrons. The normalized spacial score (nSPS) is 13.7. The molecule has 0 aliphatic rings. The van der Waals surface area contributed by atoms with Gasteiger partial charge in [0, 0.05) is 37.1 Å². The molecule has 0 bridgehead atoms. The summed E-state index contributed by atoms with van der Waals surface area (Å²) >= 11 is 1.06. The van der Waals surface area contributed by atoms with Gasteiger partial charge in [0.05, 0.1) is 12.7 Å². The molecule has 0 saturated carbocycles. The number of phosphoric acid groups is 1. The number of nitrogens with one attached hydrogen (secondary N) is 2. The lowest BCUT2D eigenvalue weighted by Crippen LogP contribution is -2.46. The summed E-state index contributed by atoms with van der Waals surface area (Å²) < 4.78 is 15.2. The molecule has 11 nitrogen and oxygen atoms in total. The maximum absolute atomic E-state index is 12.1. The van der Waals surface area contributed by atoms with Crippen LogP contribution >= 0.6 is 19.6 Å². The highest BCUT2D eigenvalue weighted by molar-refractivity contribution is 8.13. The number of aliphatic hydroxyl groups excluding tert-OH is 2. The van der Waals surface area contributed by atoms with Crippen molar-refractivity contribution in [3.63, 3.8) is 0 Å². The number of aliphatic hydroxyl groups is 2. The molecule has 0 aromatic rings. The Balaban J connectivity index is 3.87. The Bertz CT molecular complexity index is 734. The van der Waals surface area contributed by atoms with Gasteiger partial charge in [-0.25, -0.2) is 4.57 Å². The first-order valence-corrected chi connectivity index (χ1v) is 16.1. The smallest absolute Gasteiger partial charge is 0.393 e. The van der Waals surface area contributed by atoms with Crippen LogP contribution in [0.15, 0.2) is 0 Å². The van der Waals surface area contributed by atoms with E-state index in [2.05, 4.69) is 22.1 Å². The molecule has 0 aliphatic carbocycles. The molecule has 2 atom stereocenters. The van der Waals surface area contributed by atoms with E-state index in [1.54, 1.807) is 0 Å². The molecule has 0 aromatic carbocycles. The van der Waals surface area contributed by atoms with Gasteiger partial charge in [0.15, 0.2) is 5.12 Å². The Kier molecular flexibility index (Phi) is 20.3. The van der Waals surface area contributed by atoms with Gasteiger partial charge in [-0.05, 0) is 6.42 Å². The van der Waals surface area contributed by atoms with Crippen LogP contribution in [-0.4, -0.2) is 74.6 Å². The second-order valence-electron chi connectivity index (χ2n) is 10.2. The molecule has 38 heavy (non-hydrogen) atoms. The quantitative estimate of drug-likeness (QED) is 0.0771. The summed E-state index contributed by atoms with van der Waals surface area (Å²) in [6.45, 7) is 4.70. The van der Waals surface area contributed by atoms with E-state index in [0.29, 0.717) is 12.2 Å². The summed E-state index contributed by atoms with van der Waals surface area (Å²) in [7, 11) is -4.74. The Morgan fingerprint density at radius 3 is 2.08 bits per heavy atom. The van der Waals surface area contributed by atoms with Crippen molar-refractivity contribution in [3.8, 4) is 0 Å². The second-order valence-corrected chi connectivity index (χ2v) is 12.6. The predicted octanol–water partition coefficient (Wildman–Crippen LogP) is 3.04. The zero-order valence-electron chi connectivity index (χ0n) is 23.2. The number of carbonyl (C=O) groups is 3. The van der Waals surface area contributed by atoms with Crippen molar-refractivity contribution in [2.24, 2.45) is 5.41 Å². The van der Waals surface area contributed by atoms with E-state index in [1.807, 2.05) is 0 Å². The molecule has 2 amide bonds. The Labute approximate surface area is 231 Å². The minimum absolute atomic E-state index is 0.0473. The first-order valence-electron chi connectivity index (χ1n) is 13.5. The van der Waals surface area contributed by atoms with Crippen molar-refractivity contribution in [2.45, 2.75) is 110 Å². The average Bonchev–Trinajstić information content (AvgIpc) is 2.83. The summed E-state index contributed by atoms with van der Waals surface area (Å²) in [4.78, 5) is 53.6. The highest BCUT2D eigenvalue weighted by Gasteiger charge is 2.35. The second kappa shape index (κ2) is 20.8. The first-order chi connectivity index (χ1) is 17.8. The molecule has 0 spiro atoms. The molecular formula is C25H49N2O9PS. The number of carbonyl (C=O) groups excluding carboxylic acids is 3. The fourth-order valence-electron chi connectivity index (χ4n) is 3.57. The lowest BCUT2D eigenvalue weighted by Gasteiger charge is -2.29. The highest BCUT2D eigenvalue weighted by atomic mass is 32.2. The number of hydrogen-bond acceptors (Lipinski definition) is 8. The van der Waals surface area contributed by atoms with Crippen LogP contribution in [-0.2, 0) is 23.5 Å². The van der Waals surface area contributed by atoms with Crippen molar-refractivity contribution in [2.75, 3.05) is 25.4 Å². The fraction of sp³-hybridized carbons (Fsp3) is 0.880. The number of phosphoric ester groups is 1. The Hall–Kier alpha value is -1.01. The standard InChI is InChI=1S/C25H49N2O9PS/c1-4-5-6-7-8-9-10-11-12-13-20(28)18-22(30)38-17-16-26-21(29)14-15-27-24(32)23(31)25(2,3)19-36-37(33,34)35/h20,23,28,31H,4-19H2,1-3H3,(H,26,29)(H,27,32)(H2,33,34,35)/t20-,23-/m1/s1. The van der Waals surface area contributed by atoms with Crippen molar-refractivity contribution in [1.29, 1.82) is 0 Å². The first kappa shape index (κ1) is 37.0. The van der Waals surface area contributed by atoms with Crippen LogP contribution in [0.5, 0.6) is 0 Å². The van der Waals surface area contributed by atoms with Crippen LogP contribution in [0.3, 0.4) is 0 Å². The molecule has 0 rings (SSSR count). The lowest BCUT2D eigenvalue weighted by molar-refractivity contribution is -0.137. The van der Waals surface area contributed by atoms with E-state index >= 15 is 0 Å². The largest absolute Gasteiger partial charge is 0.469 e. The molecule has 0 fully saturated rings. The van der Waals surface area contributed by atoms with Crippen molar-refractivity contribution < 1.29 is 43.5 Å². The highest BCUT2D eigenvalue weighted by Crippen LogP contribution is 2.38. The molecule has 0 unspecified atom stereocenters. The predicted molar refractivity (Wildman–Crippen MR) is 148 cm³/mol. The summed E-state index contributed by atoms with van der Waals surface area (Å²) in [5, 5.41) is 25.1. The SMILES string of the molecule is CCCCCCCCCCC[C@@H](O)CC(=O)SCCNC(=O)CCNC(=O)[C@@H](O)C(C)(C)COP(=O)(O)O. The third-order valence-corrected chi connectivity index (χ3v) is 7.34. The molecular weight excluding hydrogens is 535 g/mol. The summed E-state index contributed by atoms with van der Waals surface area (Å²) in [5.41, 5.74) is -1.27. The number of rotatable bonds is 23. The van der Waals surface area contributed by atoms with E-state index in [9.17, 15) is 29.2 Å². The number of unbranched alkanes of at least 4 members (excludes halogenated alkanes) is 8. The molecule has 0 saturated heterocycles. The van der Waals surface area contributed by atoms with Gasteiger partial charge in [-0.15, -0.1) is 0 Å². The zero-order valence-corrected chi connectivity index (χ0v) is 24.9. The van der Waals surface area contributed by atoms with Gasteiger partial charge < -0.3 is 30.6 Å². The molecule has 13 heteroatoms. The molecule has 0 aliphatic heterocycles. The monoisotopic (exact) mass is 584 g/mol. The topological polar surface area (TPSA) is 182 Å². The third-order valence-electron chi connectivity index (χ3n) is 5.98. The minimum Gasteiger partial charge on any atom is -0.393 e. The van der Waals surface area contributed by atoms with Crippen molar-refractivity contribution >= 4 is 36.5 Å². The maximum Gasteiger partial charge on any atom is 0.469 e. The number of thioether (sulfide) groups is 1. The lowest BCUT2D eigenvalue weighted by atomic mass is 9.87. The van der Waals surface area contributed by atoms with Crippen LogP contribution < -0.4 is 10.6 Å². The van der Waals surface area contributed by atoms with Crippen LogP contribution in [0.2, 0.25) is 0 Å². The van der Waals surface area contributed by atoms with Gasteiger partial charge in [0.1, 0.15) is 6.10 Å². The van der Waals surface area contributed by atoms with Gasteiger partial charge in [-0.1, -0.05) is 90.3 Å². The Morgan fingerprint density at radius 2 is 1.50 bits per heavy atom. The Morgan fingerprint density at radius 1 is 0.921 bits per heavy atom. The molecule has 6 N–H and O–H groups in total. The van der Waals surface area contributed by atoms with E-state index in [4.69, 9.17) is 9.79 Å². The third kappa shape index (κ3) is 20.9. The number of amides is 2. The van der Waals surface area contributed by atoms with Gasteiger partial charge in [-0.3, -0.25) is 18.9 Å². The average molecular weight is 585 g/mol. The molecule has 0 heterocycles. The molecule has 0 aromatic heterocycles. The van der Waals surface area contributed by atoms with Crippen molar-refractivity contribution in [3.05, 3.63) is 0 Å². The summed E-state index contributed by atoms with van der Waals surface area (Å²) in [6, 6.07) is 0. The zero-order chi connectivity index (χ0) is 29.0. The van der Waals surface area contributed by atoms with Crippen LogP contribution in [0, 0.1) is 5.41 Å². The summed E-state index contributed by atoms with van der Waals surface area (Å²) in [5.74, 6) is -0.768. The van der Waals surface area contributed by atoms with Gasteiger partial charge in [0.2, 0.25) is 11.8 Å². The van der Waals surface area contributed by atoms with E-state index < -0.39 is 38.0 Å². The van der Waals surface area contributed by atoms with Gasteiger partial charge in [0.25, 0.3) is 0 Å². The van der Waals surface area contributed by atoms with Crippen LogP contribution in [0.25, 0.3) is 0 Å².